The van der Waals surface area contributed by atoms with Gasteiger partial charge < -0.3 is 4.42 Å². The van der Waals surface area contributed by atoms with Gasteiger partial charge in [-0.2, -0.15) is 0 Å². The van der Waals surface area contributed by atoms with Gasteiger partial charge >= 0.3 is 0 Å². The van der Waals surface area contributed by atoms with Crippen molar-refractivity contribution in [1.82, 2.24) is 0 Å². The van der Waals surface area contributed by atoms with Gasteiger partial charge in [0.1, 0.15) is 11.5 Å². The van der Waals surface area contributed by atoms with Crippen molar-refractivity contribution in [2.24, 2.45) is 5.92 Å². The molecule has 1 atom stereocenters. The summed E-state index contributed by atoms with van der Waals surface area (Å²) in [6.45, 7) is 6.58. The predicted molar refractivity (Wildman–Crippen MR) is 85.8 cm³/mol. The molecule has 0 saturated carbocycles. The number of benzene rings is 1. The molecule has 0 N–H and O–H groups in total. The standard InChI is InChI=1S/C19H24O/c1-15(2)19-14-13-18(20-19)12-10-16(3)9-11-17-7-5-4-6-8-17/h4-9,11,13-16H,10,12H2,1-3H3/b11-9+. The largest absolute Gasteiger partial charge is 0.466 e. The number of hydrogen-bond acceptors (Lipinski definition) is 1. The molecule has 1 heterocycles. The van der Waals surface area contributed by atoms with Gasteiger partial charge in [0.25, 0.3) is 0 Å². The molecule has 20 heavy (non-hydrogen) atoms. The van der Waals surface area contributed by atoms with Crippen LogP contribution in [-0.4, -0.2) is 0 Å². The quantitative estimate of drug-likeness (QED) is 0.656. The number of furan rings is 1. The van der Waals surface area contributed by atoms with Crippen LogP contribution in [0.2, 0.25) is 0 Å². The predicted octanol–water partition coefficient (Wildman–Crippen LogP) is 5.69. The second-order valence-electron chi connectivity index (χ2n) is 5.74. The van der Waals surface area contributed by atoms with Crippen molar-refractivity contribution in [3.63, 3.8) is 0 Å². The Morgan fingerprint density at radius 1 is 1.00 bits per heavy atom. The number of allylic oxidation sites excluding steroid dienone is 1. The summed E-state index contributed by atoms with van der Waals surface area (Å²) < 4.78 is 5.83. The summed E-state index contributed by atoms with van der Waals surface area (Å²) in [5.74, 6) is 3.23. The molecule has 0 amide bonds. The van der Waals surface area contributed by atoms with Crippen LogP contribution in [-0.2, 0) is 6.42 Å². The maximum absolute atomic E-state index is 5.83. The maximum atomic E-state index is 5.83. The molecule has 1 unspecified atom stereocenters. The summed E-state index contributed by atoms with van der Waals surface area (Å²) in [7, 11) is 0. The lowest BCUT2D eigenvalue weighted by molar-refractivity contribution is 0.435. The van der Waals surface area contributed by atoms with E-state index in [2.05, 4.69) is 69.3 Å². The molecule has 0 spiro atoms. The van der Waals surface area contributed by atoms with E-state index in [-0.39, 0.29) is 0 Å². The summed E-state index contributed by atoms with van der Waals surface area (Å²) in [6, 6.07) is 14.7. The van der Waals surface area contributed by atoms with Crippen LogP contribution in [0.3, 0.4) is 0 Å². The van der Waals surface area contributed by atoms with Crippen LogP contribution in [0.15, 0.2) is 53.0 Å². The maximum Gasteiger partial charge on any atom is 0.106 e. The zero-order valence-corrected chi connectivity index (χ0v) is 12.7. The molecular formula is C19H24O. The average Bonchev–Trinajstić information content (AvgIpc) is 2.93. The molecule has 2 rings (SSSR count). The first kappa shape index (κ1) is 14.6. The van der Waals surface area contributed by atoms with Gasteiger partial charge in [-0.25, -0.2) is 0 Å². The number of aryl methyl sites for hydroxylation is 1. The molecule has 0 aliphatic heterocycles. The Hall–Kier alpha value is -1.76. The van der Waals surface area contributed by atoms with Gasteiger partial charge in [-0.3, -0.25) is 0 Å². The van der Waals surface area contributed by atoms with Gasteiger partial charge in [0.15, 0.2) is 0 Å². The van der Waals surface area contributed by atoms with Crippen molar-refractivity contribution in [3.05, 3.63) is 65.6 Å². The fourth-order valence-electron chi connectivity index (χ4n) is 2.14. The Bertz CT molecular complexity index is 534. The van der Waals surface area contributed by atoms with Gasteiger partial charge in [-0.15, -0.1) is 0 Å². The fourth-order valence-corrected chi connectivity index (χ4v) is 2.14. The minimum atomic E-state index is 0.471. The van der Waals surface area contributed by atoms with Gasteiger partial charge in [0.05, 0.1) is 0 Å². The average molecular weight is 268 g/mol. The highest BCUT2D eigenvalue weighted by Gasteiger charge is 2.06. The van der Waals surface area contributed by atoms with Crippen molar-refractivity contribution in [3.8, 4) is 0 Å². The Labute approximate surface area is 122 Å². The second-order valence-corrected chi connectivity index (χ2v) is 5.74. The Kier molecular flexibility index (Phi) is 5.23. The van der Waals surface area contributed by atoms with Crippen molar-refractivity contribution >= 4 is 6.08 Å². The lowest BCUT2D eigenvalue weighted by Gasteiger charge is -2.05. The van der Waals surface area contributed by atoms with E-state index in [4.69, 9.17) is 4.42 Å². The summed E-state index contributed by atoms with van der Waals surface area (Å²) in [5, 5.41) is 0. The highest BCUT2D eigenvalue weighted by Crippen LogP contribution is 2.20. The van der Waals surface area contributed by atoms with Crippen LogP contribution in [0.1, 0.15) is 50.2 Å². The molecular weight excluding hydrogens is 244 g/mol. The molecule has 0 aliphatic rings. The summed E-state index contributed by atoms with van der Waals surface area (Å²) in [4.78, 5) is 0. The minimum Gasteiger partial charge on any atom is -0.466 e. The van der Waals surface area contributed by atoms with Crippen molar-refractivity contribution in [1.29, 1.82) is 0 Å². The molecule has 1 aromatic carbocycles. The lowest BCUT2D eigenvalue weighted by atomic mass is 10.0. The normalized spacial score (nSPS) is 13.2. The molecule has 0 bridgehead atoms. The molecule has 0 saturated heterocycles. The first-order valence-corrected chi connectivity index (χ1v) is 7.47. The Morgan fingerprint density at radius 2 is 1.75 bits per heavy atom. The monoisotopic (exact) mass is 268 g/mol. The fraction of sp³-hybridized carbons (Fsp3) is 0.368. The van der Waals surface area contributed by atoms with Crippen LogP contribution >= 0.6 is 0 Å². The van der Waals surface area contributed by atoms with E-state index in [9.17, 15) is 0 Å². The van der Waals surface area contributed by atoms with Crippen LogP contribution < -0.4 is 0 Å². The molecule has 1 aromatic heterocycles. The zero-order chi connectivity index (χ0) is 14.4. The summed E-state index contributed by atoms with van der Waals surface area (Å²) in [6.07, 6.45) is 6.61. The third-order valence-corrected chi connectivity index (χ3v) is 3.51. The first-order chi connectivity index (χ1) is 9.65. The Balaban J connectivity index is 1.82. The van der Waals surface area contributed by atoms with E-state index >= 15 is 0 Å². The molecule has 0 radical (unpaired) electrons. The van der Waals surface area contributed by atoms with Crippen LogP contribution in [0.25, 0.3) is 6.08 Å². The van der Waals surface area contributed by atoms with Crippen LogP contribution in [0, 0.1) is 5.92 Å². The lowest BCUT2D eigenvalue weighted by Crippen LogP contribution is -1.92. The minimum absolute atomic E-state index is 0.471. The van der Waals surface area contributed by atoms with E-state index < -0.39 is 0 Å². The third-order valence-electron chi connectivity index (χ3n) is 3.51. The van der Waals surface area contributed by atoms with Gasteiger partial charge in [0, 0.05) is 12.3 Å². The molecule has 0 fully saturated rings. The summed E-state index contributed by atoms with van der Waals surface area (Å²) in [5.41, 5.74) is 1.26. The number of hydrogen-bond donors (Lipinski definition) is 0. The van der Waals surface area contributed by atoms with E-state index in [0.29, 0.717) is 11.8 Å². The molecule has 106 valence electrons. The second kappa shape index (κ2) is 7.14. The zero-order valence-electron chi connectivity index (χ0n) is 12.7. The van der Waals surface area contributed by atoms with Crippen LogP contribution in [0.5, 0.6) is 0 Å². The summed E-state index contributed by atoms with van der Waals surface area (Å²) >= 11 is 0. The Morgan fingerprint density at radius 3 is 2.40 bits per heavy atom. The van der Waals surface area contributed by atoms with E-state index in [1.807, 2.05) is 6.07 Å². The SMILES string of the molecule is CC(/C=C/c1ccccc1)CCc1ccc(C(C)C)o1. The van der Waals surface area contributed by atoms with Crippen LogP contribution in [0.4, 0.5) is 0 Å². The number of rotatable bonds is 6. The van der Waals surface area contributed by atoms with E-state index in [0.717, 1.165) is 24.4 Å². The highest BCUT2D eigenvalue weighted by atomic mass is 16.3. The first-order valence-electron chi connectivity index (χ1n) is 7.47. The van der Waals surface area contributed by atoms with E-state index in [1.165, 1.54) is 5.56 Å². The highest BCUT2D eigenvalue weighted by molar-refractivity contribution is 5.48. The molecule has 0 aliphatic carbocycles. The topological polar surface area (TPSA) is 13.1 Å². The van der Waals surface area contributed by atoms with Gasteiger partial charge in [-0.1, -0.05) is 63.3 Å². The smallest absolute Gasteiger partial charge is 0.106 e. The van der Waals surface area contributed by atoms with Gasteiger partial charge in [-0.05, 0) is 30.0 Å². The van der Waals surface area contributed by atoms with E-state index in [1.54, 1.807) is 0 Å². The molecule has 1 heteroatoms. The molecule has 1 nitrogen and oxygen atoms in total. The van der Waals surface area contributed by atoms with Crippen molar-refractivity contribution < 1.29 is 4.42 Å². The third kappa shape index (κ3) is 4.41. The van der Waals surface area contributed by atoms with Gasteiger partial charge in [0.2, 0.25) is 0 Å². The van der Waals surface area contributed by atoms with Crippen molar-refractivity contribution in [2.45, 2.75) is 39.5 Å². The van der Waals surface area contributed by atoms with Crippen molar-refractivity contribution in [2.75, 3.05) is 0 Å². The molecule has 2 aromatic rings.